The van der Waals surface area contributed by atoms with Gasteiger partial charge < -0.3 is 9.40 Å². The number of furan rings is 1. The summed E-state index contributed by atoms with van der Waals surface area (Å²) in [6.07, 6.45) is 0. The summed E-state index contributed by atoms with van der Waals surface area (Å²) in [5.74, 6) is -0.480. The van der Waals surface area contributed by atoms with E-state index in [0.717, 1.165) is 5.52 Å². The molecule has 3 N–H and O–H groups in total. The van der Waals surface area contributed by atoms with Crippen LogP contribution in [-0.2, 0) is 10.0 Å². The van der Waals surface area contributed by atoms with Crippen LogP contribution in [-0.4, -0.2) is 31.3 Å². The Morgan fingerprint density at radius 2 is 2.00 bits per heavy atom. The summed E-state index contributed by atoms with van der Waals surface area (Å²) < 4.78 is 30.3. The summed E-state index contributed by atoms with van der Waals surface area (Å²) >= 11 is 0. The lowest BCUT2D eigenvalue weighted by Crippen LogP contribution is -2.18. The molecule has 0 aliphatic rings. The Labute approximate surface area is 125 Å². The van der Waals surface area contributed by atoms with Crippen molar-refractivity contribution < 1.29 is 17.6 Å². The van der Waals surface area contributed by atoms with E-state index >= 15 is 0 Å². The van der Waals surface area contributed by atoms with Gasteiger partial charge >= 0.3 is 0 Å². The molecule has 0 aliphatic heterocycles. The van der Waals surface area contributed by atoms with Gasteiger partial charge in [0.1, 0.15) is 0 Å². The number of nitrogens with zero attached hydrogens (tertiary/aromatic N) is 1. The second-order valence-corrected chi connectivity index (χ2v) is 6.20. The fourth-order valence-electron chi connectivity index (χ4n) is 1.87. The fraction of sp³-hybridized carbons (Fsp3) is 0.0769. The largest absolute Gasteiger partial charge is 0.438 e. The lowest BCUT2D eigenvalue weighted by atomic mass is 10.3. The first-order valence-corrected chi connectivity index (χ1v) is 7.77. The van der Waals surface area contributed by atoms with E-state index in [4.69, 9.17) is 4.42 Å². The minimum atomic E-state index is -3.72. The van der Waals surface area contributed by atoms with Crippen LogP contribution in [0.1, 0.15) is 10.6 Å². The summed E-state index contributed by atoms with van der Waals surface area (Å²) in [6.45, 7) is 0. The quantitative estimate of drug-likeness (QED) is 0.670. The van der Waals surface area contributed by atoms with Gasteiger partial charge in [0.15, 0.2) is 5.76 Å². The summed E-state index contributed by atoms with van der Waals surface area (Å²) in [5, 5.41) is 2.19. The molecule has 3 rings (SSSR count). The number of carbonyl (C=O) groups excluding carboxylic acids is 1. The molecule has 1 aromatic carbocycles. The van der Waals surface area contributed by atoms with Crippen LogP contribution in [0.4, 0.5) is 5.95 Å². The zero-order valence-electron chi connectivity index (χ0n) is 11.5. The third-order valence-electron chi connectivity index (χ3n) is 2.96. The summed E-state index contributed by atoms with van der Waals surface area (Å²) in [6, 6.07) is 9.78. The van der Waals surface area contributed by atoms with E-state index in [1.807, 2.05) is 18.2 Å². The maximum Gasteiger partial charge on any atom is 0.293 e. The number of rotatable bonds is 4. The number of hydrogen-bond donors (Lipinski definition) is 3. The van der Waals surface area contributed by atoms with Crippen molar-refractivity contribution in [3.05, 3.63) is 42.2 Å². The van der Waals surface area contributed by atoms with Crippen LogP contribution in [0.15, 0.2) is 45.9 Å². The van der Waals surface area contributed by atoms with E-state index in [1.165, 1.54) is 19.2 Å². The molecule has 0 spiro atoms. The predicted molar refractivity (Wildman–Crippen MR) is 79.0 cm³/mol. The SMILES string of the molecule is CNS(=O)(=O)c1ccc(C(=O)Nc2nc3ccccc3[nH]2)o1. The monoisotopic (exact) mass is 320 g/mol. The van der Waals surface area contributed by atoms with Gasteiger partial charge in [-0.2, -0.15) is 0 Å². The van der Waals surface area contributed by atoms with Crippen molar-refractivity contribution in [1.29, 1.82) is 0 Å². The molecule has 1 amide bonds. The highest BCUT2D eigenvalue weighted by Gasteiger charge is 2.20. The molecule has 3 aromatic rings. The molecule has 0 unspecified atom stereocenters. The van der Waals surface area contributed by atoms with Crippen molar-refractivity contribution in [1.82, 2.24) is 14.7 Å². The predicted octanol–water partition coefficient (Wildman–Crippen LogP) is 1.32. The number of benzene rings is 1. The zero-order valence-corrected chi connectivity index (χ0v) is 12.3. The number of hydrogen-bond acceptors (Lipinski definition) is 5. The Balaban J connectivity index is 1.82. The molecule has 2 heterocycles. The number of sulfonamides is 1. The Morgan fingerprint density at radius 3 is 2.73 bits per heavy atom. The first-order chi connectivity index (χ1) is 10.5. The summed E-state index contributed by atoms with van der Waals surface area (Å²) in [7, 11) is -2.47. The third kappa shape index (κ3) is 2.59. The molecule has 0 atom stereocenters. The molecular formula is C13H12N4O4S. The second-order valence-electron chi connectivity index (χ2n) is 4.38. The highest BCUT2D eigenvalue weighted by Crippen LogP contribution is 2.16. The number of para-hydroxylation sites is 2. The van der Waals surface area contributed by atoms with Crippen LogP contribution in [0.2, 0.25) is 0 Å². The van der Waals surface area contributed by atoms with Gasteiger partial charge in [-0.25, -0.2) is 18.1 Å². The summed E-state index contributed by atoms with van der Waals surface area (Å²) in [4.78, 5) is 19.2. The molecule has 114 valence electrons. The molecule has 9 heteroatoms. The van der Waals surface area contributed by atoms with Gasteiger partial charge in [-0.05, 0) is 31.3 Å². The average molecular weight is 320 g/mol. The van der Waals surface area contributed by atoms with Gasteiger partial charge in [-0.1, -0.05) is 12.1 Å². The van der Waals surface area contributed by atoms with Crippen molar-refractivity contribution in [2.24, 2.45) is 0 Å². The third-order valence-corrected chi connectivity index (χ3v) is 4.25. The lowest BCUT2D eigenvalue weighted by molar-refractivity contribution is 0.0991. The summed E-state index contributed by atoms with van der Waals surface area (Å²) in [5.41, 5.74) is 1.48. The first kappa shape index (κ1) is 14.3. The molecule has 0 fully saturated rings. The van der Waals surface area contributed by atoms with E-state index in [-0.39, 0.29) is 16.8 Å². The standard InChI is InChI=1S/C13H12N4O4S/c1-14-22(19,20)11-7-6-10(21-11)12(18)17-13-15-8-4-2-3-5-9(8)16-13/h2-7,14H,1H3,(H2,15,16,17,18). The normalized spacial score (nSPS) is 11.7. The van der Waals surface area contributed by atoms with E-state index in [2.05, 4.69) is 20.0 Å². The van der Waals surface area contributed by atoms with E-state index in [1.54, 1.807) is 6.07 Å². The zero-order chi connectivity index (χ0) is 15.7. The topological polar surface area (TPSA) is 117 Å². The number of aromatic nitrogens is 2. The van der Waals surface area contributed by atoms with Gasteiger partial charge in [-0.15, -0.1) is 0 Å². The number of anilines is 1. The molecular weight excluding hydrogens is 308 g/mol. The van der Waals surface area contributed by atoms with Crippen molar-refractivity contribution in [3.8, 4) is 0 Å². The van der Waals surface area contributed by atoms with Crippen LogP contribution >= 0.6 is 0 Å². The Kier molecular flexibility index (Phi) is 3.43. The Bertz CT molecular complexity index is 909. The van der Waals surface area contributed by atoms with Crippen molar-refractivity contribution in [3.63, 3.8) is 0 Å². The smallest absolute Gasteiger partial charge is 0.293 e. The second kappa shape index (κ2) is 5.28. The number of fused-ring (bicyclic) bond motifs is 1. The molecule has 0 radical (unpaired) electrons. The van der Waals surface area contributed by atoms with Crippen LogP contribution in [0, 0.1) is 0 Å². The highest BCUT2D eigenvalue weighted by molar-refractivity contribution is 7.89. The van der Waals surface area contributed by atoms with E-state index in [0.29, 0.717) is 5.52 Å². The Hall–Kier alpha value is -2.65. The molecule has 2 aromatic heterocycles. The van der Waals surface area contributed by atoms with Gasteiger partial charge in [0, 0.05) is 0 Å². The number of H-pyrrole nitrogens is 1. The average Bonchev–Trinajstić information content (AvgIpc) is 3.13. The maximum atomic E-state index is 12.0. The molecule has 22 heavy (non-hydrogen) atoms. The van der Waals surface area contributed by atoms with Gasteiger partial charge in [0.2, 0.25) is 11.0 Å². The molecule has 0 saturated heterocycles. The minimum Gasteiger partial charge on any atom is -0.438 e. The first-order valence-electron chi connectivity index (χ1n) is 6.29. The number of amides is 1. The van der Waals surface area contributed by atoms with Crippen molar-refractivity contribution in [2.45, 2.75) is 5.09 Å². The fourth-order valence-corrected chi connectivity index (χ4v) is 2.52. The van der Waals surface area contributed by atoms with Crippen molar-refractivity contribution >= 4 is 32.9 Å². The van der Waals surface area contributed by atoms with Crippen LogP contribution < -0.4 is 10.0 Å². The van der Waals surface area contributed by atoms with Crippen molar-refractivity contribution in [2.75, 3.05) is 12.4 Å². The van der Waals surface area contributed by atoms with Gasteiger partial charge in [0.25, 0.3) is 15.9 Å². The highest BCUT2D eigenvalue weighted by atomic mass is 32.2. The van der Waals surface area contributed by atoms with E-state index in [9.17, 15) is 13.2 Å². The van der Waals surface area contributed by atoms with Crippen LogP contribution in [0.3, 0.4) is 0 Å². The van der Waals surface area contributed by atoms with E-state index < -0.39 is 15.9 Å². The number of aromatic amines is 1. The number of carbonyl (C=O) groups is 1. The molecule has 8 nitrogen and oxygen atoms in total. The molecule has 0 aliphatic carbocycles. The molecule has 0 saturated carbocycles. The minimum absolute atomic E-state index is 0.130. The van der Waals surface area contributed by atoms with Gasteiger partial charge in [-0.3, -0.25) is 10.1 Å². The molecule has 0 bridgehead atoms. The maximum absolute atomic E-state index is 12.0. The van der Waals surface area contributed by atoms with Gasteiger partial charge in [0.05, 0.1) is 11.0 Å². The Morgan fingerprint density at radius 1 is 1.23 bits per heavy atom. The number of nitrogens with one attached hydrogen (secondary N) is 3. The van der Waals surface area contributed by atoms with Crippen LogP contribution in [0.5, 0.6) is 0 Å². The lowest BCUT2D eigenvalue weighted by Gasteiger charge is -1.99. The number of imidazole rings is 1. The van der Waals surface area contributed by atoms with Crippen LogP contribution in [0.25, 0.3) is 11.0 Å².